The van der Waals surface area contributed by atoms with Crippen molar-refractivity contribution in [1.82, 2.24) is 0 Å². The summed E-state index contributed by atoms with van der Waals surface area (Å²) in [6.45, 7) is 0.392. The largest absolute Gasteiger partial charge is 0.374 e. The van der Waals surface area contributed by atoms with Gasteiger partial charge in [0.25, 0.3) is 0 Å². The Morgan fingerprint density at radius 1 is 1.10 bits per heavy atom. The molecule has 0 aliphatic heterocycles. The van der Waals surface area contributed by atoms with Crippen LogP contribution >= 0.6 is 0 Å². The summed E-state index contributed by atoms with van der Waals surface area (Å²) in [7, 11) is -1.53. The van der Waals surface area contributed by atoms with Gasteiger partial charge in [0.05, 0.1) is 22.3 Å². The molecule has 0 saturated heterocycles. The average Bonchev–Trinajstić information content (AvgIpc) is 2.53. The Balaban J connectivity index is 2.10. The van der Waals surface area contributed by atoms with E-state index in [1.54, 1.807) is 12.1 Å². The van der Waals surface area contributed by atoms with Crippen molar-refractivity contribution in [3.05, 3.63) is 60.2 Å². The Labute approximate surface area is 125 Å². The predicted molar refractivity (Wildman–Crippen MR) is 82.9 cm³/mol. The molecule has 5 heteroatoms. The summed E-state index contributed by atoms with van der Waals surface area (Å²) in [4.78, 5) is 2.09. The Morgan fingerprint density at radius 2 is 1.81 bits per heavy atom. The summed E-state index contributed by atoms with van der Waals surface area (Å²) in [5.74, 6) is 0.00722. The number of nitriles is 1. The molecule has 0 unspecified atom stereocenters. The third kappa shape index (κ3) is 3.83. The molecule has 0 aliphatic carbocycles. The molecule has 2 rings (SSSR count). The van der Waals surface area contributed by atoms with Crippen LogP contribution in [0, 0.1) is 11.3 Å². The second-order valence-corrected chi connectivity index (χ2v) is 6.82. The Kier molecular flexibility index (Phi) is 4.61. The van der Waals surface area contributed by atoms with Crippen molar-refractivity contribution >= 4 is 15.5 Å². The summed E-state index contributed by atoms with van der Waals surface area (Å²) in [6, 6.07) is 17.7. The predicted octanol–water partition coefficient (Wildman–Crippen LogP) is 2.47. The molecule has 2 aromatic carbocycles. The molecular weight excluding hydrogens is 284 g/mol. The van der Waals surface area contributed by atoms with Gasteiger partial charge in [-0.05, 0) is 30.3 Å². The molecule has 0 radical (unpaired) electrons. The van der Waals surface area contributed by atoms with Gasteiger partial charge >= 0.3 is 0 Å². The Bertz CT molecular complexity index is 749. The summed E-state index contributed by atoms with van der Waals surface area (Å²) in [5, 5.41) is 8.84. The number of anilines is 1. The van der Waals surface area contributed by atoms with Crippen molar-refractivity contribution in [2.24, 2.45) is 0 Å². The maximum Gasteiger partial charge on any atom is 0.180 e. The molecule has 0 aromatic heterocycles. The number of hydrogen-bond acceptors (Lipinski definition) is 4. The van der Waals surface area contributed by atoms with E-state index in [4.69, 9.17) is 5.26 Å². The lowest BCUT2D eigenvalue weighted by atomic mass is 10.2. The fourth-order valence-corrected chi connectivity index (χ4v) is 3.29. The van der Waals surface area contributed by atoms with E-state index < -0.39 is 9.84 Å². The highest BCUT2D eigenvalue weighted by Gasteiger charge is 2.16. The zero-order valence-corrected chi connectivity index (χ0v) is 12.5. The number of hydrogen-bond donors (Lipinski definition) is 0. The van der Waals surface area contributed by atoms with Crippen LogP contribution in [0.15, 0.2) is 59.5 Å². The molecule has 0 N–H and O–H groups in total. The van der Waals surface area contributed by atoms with Crippen LogP contribution in [0.25, 0.3) is 0 Å². The molecule has 4 nitrogen and oxygen atoms in total. The van der Waals surface area contributed by atoms with E-state index in [1.165, 1.54) is 12.1 Å². The van der Waals surface area contributed by atoms with Crippen LogP contribution < -0.4 is 4.90 Å². The number of benzene rings is 2. The fourth-order valence-electron chi connectivity index (χ4n) is 1.95. The zero-order valence-electron chi connectivity index (χ0n) is 11.7. The van der Waals surface area contributed by atoms with Gasteiger partial charge in [-0.1, -0.05) is 24.3 Å². The Morgan fingerprint density at radius 3 is 2.48 bits per heavy atom. The minimum atomic E-state index is -3.39. The molecule has 2 aromatic rings. The first-order valence-electron chi connectivity index (χ1n) is 6.52. The summed E-state index contributed by atoms with van der Waals surface area (Å²) < 4.78 is 24.6. The minimum Gasteiger partial charge on any atom is -0.374 e. The molecule has 108 valence electrons. The first-order chi connectivity index (χ1) is 10.0. The quantitative estimate of drug-likeness (QED) is 0.851. The smallest absolute Gasteiger partial charge is 0.180 e. The second kappa shape index (κ2) is 6.42. The van der Waals surface area contributed by atoms with Crippen LogP contribution in [0.2, 0.25) is 0 Å². The summed E-state index contributed by atoms with van der Waals surface area (Å²) in [5.41, 5.74) is 1.32. The van der Waals surface area contributed by atoms with Gasteiger partial charge < -0.3 is 4.90 Å². The van der Waals surface area contributed by atoms with Gasteiger partial charge in [0, 0.05) is 19.3 Å². The maximum absolute atomic E-state index is 12.3. The van der Waals surface area contributed by atoms with Gasteiger partial charge in [-0.25, -0.2) is 8.42 Å². The van der Waals surface area contributed by atoms with Gasteiger partial charge in [0.2, 0.25) is 0 Å². The lowest BCUT2D eigenvalue weighted by Gasteiger charge is -2.19. The van der Waals surface area contributed by atoms with Gasteiger partial charge in [-0.2, -0.15) is 5.26 Å². The minimum absolute atomic E-state index is 0.00722. The van der Waals surface area contributed by atoms with Crippen molar-refractivity contribution in [2.75, 3.05) is 24.2 Å². The standard InChI is InChI=1S/C16H16N2O2S/c1-18(15-7-3-2-4-8-15)10-11-21(19,20)16-9-5-6-14(12-16)13-17/h2-9,12H,10-11H2,1H3. The molecule has 0 heterocycles. The monoisotopic (exact) mass is 300 g/mol. The van der Waals surface area contributed by atoms with E-state index in [-0.39, 0.29) is 10.6 Å². The van der Waals surface area contributed by atoms with Crippen LogP contribution in [0.4, 0.5) is 5.69 Å². The number of rotatable bonds is 5. The van der Waals surface area contributed by atoms with Crippen molar-refractivity contribution in [2.45, 2.75) is 4.90 Å². The zero-order chi connectivity index (χ0) is 15.3. The molecule has 0 atom stereocenters. The topological polar surface area (TPSA) is 61.2 Å². The number of para-hydroxylation sites is 1. The van der Waals surface area contributed by atoms with Crippen molar-refractivity contribution < 1.29 is 8.42 Å². The normalized spacial score (nSPS) is 10.9. The van der Waals surface area contributed by atoms with Crippen molar-refractivity contribution in [3.8, 4) is 6.07 Å². The molecule has 0 amide bonds. The molecule has 0 aliphatic rings. The van der Waals surface area contributed by atoms with Crippen LogP contribution in [-0.4, -0.2) is 27.8 Å². The SMILES string of the molecule is CN(CCS(=O)(=O)c1cccc(C#N)c1)c1ccccc1. The molecule has 0 fully saturated rings. The van der Waals surface area contributed by atoms with E-state index in [0.717, 1.165) is 5.69 Å². The van der Waals surface area contributed by atoms with E-state index in [2.05, 4.69) is 0 Å². The second-order valence-electron chi connectivity index (χ2n) is 4.72. The van der Waals surface area contributed by atoms with Gasteiger partial charge in [0.15, 0.2) is 9.84 Å². The maximum atomic E-state index is 12.3. The lowest BCUT2D eigenvalue weighted by molar-refractivity contribution is 0.595. The van der Waals surface area contributed by atoms with Gasteiger partial charge in [0.1, 0.15) is 0 Å². The molecule has 0 saturated carbocycles. The van der Waals surface area contributed by atoms with Gasteiger partial charge in [-0.3, -0.25) is 0 Å². The van der Waals surface area contributed by atoms with Crippen LogP contribution in [-0.2, 0) is 9.84 Å². The first-order valence-corrected chi connectivity index (χ1v) is 8.17. The van der Waals surface area contributed by atoms with E-state index in [1.807, 2.05) is 48.3 Å². The highest BCUT2D eigenvalue weighted by Crippen LogP contribution is 2.15. The molecule has 0 spiro atoms. The highest BCUT2D eigenvalue weighted by molar-refractivity contribution is 7.91. The highest BCUT2D eigenvalue weighted by atomic mass is 32.2. The number of sulfone groups is 1. The first kappa shape index (κ1) is 15.1. The average molecular weight is 300 g/mol. The third-order valence-electron chi connectivity index (χ3n) is 3.21. The Hall–Kier alpha value is -2.32. The summed E-state index contributed by atoms with van der Waals surface area (Å²) >= 11 is 0. The van der Waals surface area contributed by atoms with Crippen LogP contribution in [0.1, 0.15) is 5.56 Å². The third-order valence-corrected chi connectivity index (χ3v) is 4.91. The van der Waals surface area contributed by atoms with Crippen LogP contribution in [0.3, 0.4) is 0 Å². The fraction of sp³-hybridized carbons (Fsp3) is 0.188. The molecule has 0 bridgehead atoms. The van der Waals surface area contributed by atoms with E-state index in [9.17, 15) is 8.42 Å². The molecular formula is C16H16N2O2S. The van der Waals surface area contributed by atoms with Gasteiger partial charge in [-0.15, -0.1) is 0 Å². The molecule has 21 heavy (non-hydrogen) atoms. The lowest BCUT2D eigenvalue weighted by Crippen LogP contribution is -2.25. The summed E-state index contributed by atoms with van der Waals surface area (Å²) in [6.07, 6.45) is 0. The van der Waals surface area contributed by atoms with E-state index in [0.29, 0.717) is 12.1 Å². The van der Waals surface area contributed by atoms with E-state index >= 15 is 0 Å². The van der Waals surface area contributed by atoms with Crippen molar-refractivity contribution in [3.63, 3.8) is 0 Å². The number of nitrogens with zero attached hydrogens (tertiary/aromatic N) is 2. The van der Waals surface area contributed by atoms with Crippen LogP contribution in [0.5, 0.6) is 0 Å². The van der Waals surface area contributed by atoms with Crippen molar-refractivity contribution in [1.29, 1.82) is 5.26 Å².